The number of hydrogen-bond acceptors (Lipinski definition) is 3. The fourth-order valence-corrected chi connectivity index (χ4v) is 3.98. The molecular weight excluding hydrogens is 270 g/mol. The monoisotopic (exact) mass is 295 g/mol. The summed E-state index contributed by atoms with van der Waals surface area (Å²) >= 11 is 0. The van der Waals surface area contributed by atoms with Crippen molar-refractivity contribution in [2.24, 2.45) is 5.92 Å². The first-order valence-electron chi connectivity index (χ1n) is 8.71. The molecule has 22 heavy (non-hydrogen) atoms. The van der Waals surface area contributed by atoms with Crippen molar-refractivity contribution in [3.05, 3.63) is 36.4 Å². The third-order valence-electron chi connectivity index (χ3n) is 5.14. The van der Waals surface area contributed by atoms with Crippen LogP contribution in [0.5, 0.6) is 0 Å². The largest absolute Gasteiger partial charge is 0.356 e. The number of likely N-dealkylation sites (tertiary alicyclic amines) is 1. The van der Waals surface area contributed by atoms with Crippen molar-refractivity contribution < 1.29 is 0 Å². The molecular formula is C19H25N3. The quantitative estimate of drug-likeness (QED) is 0.863. The lowest BCUT2D eigenvalue weighted by molar-refractivity contribution is 0.255. The smallest absolute Gasteiger partial charge is 0.129 e. The number of fused-ring (bicyclic) bond motifs is 1. The summed E-state index contributed by atoms with van der Waals surface area (Å²) in [4.78, 5) is 10.0. The first-order chi connectivity index (χ1) is 10.9. The van der Waals surface area contributed by atoms with Crippen molar-refractivity contribution >= 4 is 16.7 Å². The predicted octanol–water partition coefficient (Wildman–Crippen LogP) is 3.55. The van der Waals surface area contributed by atoms with E-state index in [9.17, 15) is 0 Å². The van der Waals surface area contributed by atoms with E-state index in [0.717, 1.165) is 23.8 Å². The molecule has 4 rings (SSSR count). The topological polar surface area (TPSA) is 19.4 Å². The Balaban J connectivity index is 1.48. The van der Waals surface area contributed by atoms with Crippen LogP contribution < -0.4 is 4.90 Å². The number of anilines is 1. The molecule has 2 aliphatic rings. The Morgan fingerprint density at radius 1 is 0.955 bits per heavy atom. The highest BCUT2D eigenvalue weighted by Gasteiger charge is 2.24. The molecule has 2 aliphatic heterocycles. The second kappa shape index (κ2) is 6.25. The number of pyridine rings is 1. The van der Waals surface area contributed by atoms with Crippen LogP contribution in [0.25, 0.3) is 10.9 Å². The van der Waals surface area contributed by atoms with Crippen molar-refractivity contribution in [2.75, 3.05) is 37.6 Å². The number of nitrogens with zero attached hydrogens (tertiary/aromatic N) is 3. The van der Waals surface area contributed by atoms with E-state index in [1.165, 1.54) is 57.2 Å². The molecule has 1 aromatic heterocycles. The third kappa shape index (κ3) is 2.95. The number of benzene rings is 1. The molecule has 3 heteroatoms. The Bertz CT molecular complexity index is 633. The molecule has 116 valence electrons. The van der Waals surface area contributed by atoms with E-state index < -0.39 is 0 Å². The van der Waals surface area contributed by atoms with Gasteiger partial charge in [0.2, 0.25) is 0 Å². The summed E-state index contributed by atoms with van der Waals surface area (Å²) < 4.78 is 0. The van der Waals surface area contributed by atoms with E-state index in [1.807, 2.05) is 0 Å². The molecule has 2 aromatic rings. The molecule has 0 aliphatic carbocycles. The van der Waals surface area contributed by atoms with Gasteiger partial charge in [-0.15, -0.1) is 0 Å². The fourth-order valence-electron chi connectivity index (χ4n) is 3.98. The Kier molecular flexibility index (Phi) is 3.98. The van der Waals surface area contributed by atoms with E-state index in [1.54, 1.807) is 0 Å². The average molecular weight is 295 g/mol. The number of rotatable bonds is 3. The van der Waals surface area contributed by atoms with Crippen molar-refractivity contribution in [1.82, 2.24) is 9.88 Å². The Labute approximate surface area is 132 Å². The first kappa shape index (κ1) is 14.0. The maximum absolute atomic E-state index is 4.88. The van der Waals surface area contributed by atoms with E-state index in [-0.39, 0.29) is 0 Å². The van der Waals surface area contributed by atoms with Crippen LogP contribution in [0.15, 0.2) is 36.4 Å². The molecule has 2 fully saturated rings. The molecule has 0 saturated carbocycles. The summed E-state index contributed by atoms with van der Waals surface area (Å²) in [5.74, 6) is 1.96. The summed E-state index contributed by atoms with van der Waals surface area (Å²) in [5, 5.41) is 1.23. The van der Waals surface area contributed by atoms with Crippen LogP contribution >= 0.6 is 0 Å². The summed E-state index contributed by atoms with van der Waals surface area (Å²) in [7, 11) is 0. The lowest BCUT2D eigenvalue weighted by atomic mass is 9.97. The molecule has 0 bridgehead atoms. The molecule has 3 nitrogen and oxygen atoms in total. The molecule has 0 spiro atoms. The van der Waals surface area contributed by atoms with Gasteiger partial charge in [-0.1, -0.05) is 18.2 Å². The third-order valence-corrected chi connectivity index (χ3v) is 5.14. The van der Waals surface area contributed by atoms with Gasteiger partial charge in [0.05, 0.1) is 5.52 Å². The lowest BCUT2D eigenvalue weighted by Gasteiger charge is -2.35. The second-order valence-electron chi connectivity index (χ2n) is 6.82. The van der Waals surface area contributed by atoms with Crippen LogP contribution in [0.1, 0.15) is 25.7 Å². The number of hydrogen-bond donors (Lipinski definition) is 0. The molecule has 0 unspecified atom stereocenters. The van der Waals surface area contributed by atoms with Crippen LogP contribution in [-0.4, -0.2) is 42.6 Å². The first-order valence-corrected chi connectivity index (χ1v) is 8.71. The maximum Gasteiger partial charge on any atom is 0.129 e. The zero-order valence-corrected chi connectivity index (χ0v) is 13.2. The Hall–Kier alpha value is -1.61. The van der Waals surface area contributed by atoms with Gasteiger partial charge in [-0.25, -0.2) is 4.98 Å². The number of para-hydroxylation sites is 1. The van der Waals surface area contributed by atoms with Gasteiger partial charge in [0.1, 0.15) is 5.82 Å². The fraction of sp³-hybridized carbons (Fsp3) is 0.526. The van der Waals surface area contributed by atoms with Crippen molar-refractivity contribution in [2.45, 2.75) is 25.7 Å². The zero-order valence-electron chi connectivity index (χ0n) is 13.2. The minimum absolute atomic E-state index is 0.806. The zero-order chi connectivity index (χ0) is 14.8. The van der Waals surface area contributed by atoms with E-state index >= 15 is 0 Å². The summed E-state index contributed by atoms with van der Waals surface area (Å²) in [6.07, 6.45) is 5.46. The van der Waals surface area contributed by atoms with Gasteiger partial charge in [0.25, 0.3) is 0 Å². The molecule has 0 radical (unpaired) electrons. The maximum atomic E-state index is 4.88. The lowest BCUT2D eigenvalue weighted by Crippen LogP contribution is -2.40. The van der Waals surface area contributed by atoms with Gasteiger partial charge in [-0.2, -0.15) is 0 Å². The average Bonchev–Trinajstić information content (AvgIpc) is 3.08. The van der Waals surface area contributed by atoms with Gasteiger partial charge in [0.15, 0.2) is 0 Å². The van der Waals surface area contributed by atoms with Crippen LogP contribution in [0.3, 0.4) is 0 Å². The van der Waals surface area contributed by atoms with Gasteiger partial charge in [0, 0.05) is 25.0 Å². The normalized spacial score (nSPS) is 23.3. The van der Waals surface area contributed by atoms with E-state index in [0.29, 0.717) is 0 Å². The highest BCUT2D eigenvalue weighted by atomic mass is 15.2. The van der Waals surface area contributed by atoms with Crippen LogP contribution in [-0.2, 0) is 0 Å². The second-order valence-corrected chi connectivity index (χ2v) is 6.82. The van der Waals surface area contributed by atoms with E-state index in [4.69, 9.17) is 4.98 Å². The molecule has 2 saturated heterocycles. The van der Waals surface area contributed by atoms with Gasteiger partial charge < -0.3 is 9.80 Å². The highest BCUT2D eigenvalue weighted by Crippen LogP contribution is 2.25. The summed E-state index contributed by atoms with van der Waals surface area (Å²) in [6, 6.07) is 12.8. The Morgan fingerprint density at radius 2 is 1.82 bits per heavy atom. The number of aromatic nitrogens is 1. The SMILES string of the molecule is c1ccc2nc(N3CCC[C@H](CN4CCCC4)C3)ccc2c1. The van der Waals surface area contributed by atoms with Crippen molar-refractivity contribution in [1.29, 1.82) is 0 Å². The predicted molar refractivity (Wildman–Crippen MR) is 92.4 cm³/mol. The minimum Gasteiger partial charge on any atom is -0.356 e. The van der Waals surface area contributed by atoms with Crippen LogP contribution in [0.2, 0.25) is 0 Å². The molecule has 0 amide bonds. The standard InChI is InChI=1S/C19H25N3/c1-2-8-18-17(7-1)9-10-19(20-18)22-13-5-6-16(15-22)14-21-11-3-4-12-21/h1-2,7-10,16H,3-6,11-15H2/t16-/m1/s1. The van der Waals surface area contributed by atoms with E-state index in [2.05, 4.69) is 46.2 Å². The van der Waals surface area contributed by atoms with Crippen LogP contribution in [0, 0.1) is 5.92 Å². The highest BCUT2D eigenvalue weighted by molar-refractivity contribution is 5.80. The molecule has 1 aromatic carbocycles. The van der Waals surface area contributed by atoms with Crippen LogP contribution in [0.4, 0.5) is 5.82 Å². The van der Waals surface area contributed by atoms with Crippen molar-refractivity contribution in [3.8, 4) is 0 Å². The van der Waals surface area contributed by atoms with Crippen molar-refractivity contribution in [3.63, 3.8) is 0 Å². The van der Waals surface area contributed by atoms with Gasteiger partial charge in [-0.05, 0) is 62.9 Å². The summed E-state index contributed by atoms with van der Waals surface area (Å²) in [5.41, 5.74) is 1.11. The summed E-state index contributed by atoms with van der Waals surface area (Å²) in [6.45, 7) is 6.23. The van der Waals surface area contributed by atoms with Gasteiger partial charge >= 0.3 is 0 Å². The minimum atomic E-state index is 0.806. The Morgan fingerprint density at radius 3 is 2.73 bits per heavy atom. The molecule has 1 atom stereocenters. The molecule has 0 N–H and O–H groups in total. The van der Waals surface area contributed by atoms with Gasteiger partial charge in [-0.3, -0.25) is 0 Å². The number of piperidine rings is 1. The molecule has 3 heterocycles.